The average Bonchev–Trinajstić information content (AvgIpc) is 3.13. The van der Waals surface area contributed by atoms with Crippen molar-refractivity contribution in [2.45, 2.75) is 39.5 Å². The molecule has 0 radical (unpaired) electrons. The molecule has 3 rings (SSSR count). The van der Waals surface area contributed by atoms with Gasteiger partial charge in [-0.05, 0) is 35.3 Å². The van der Waals surface area contributed by atoms with E-state index in [1.165, 1.54) is 0 Å². The highest BCUT2D eigenvalue weighted by Gasteiger charge is 2.21. The quantitative estimate of drug-likeness (QED) is 0.829. The van der Waals surface area contributed by atoms with Gasteiger partial charge in [-0.25, -0.2) is 4.63 Å². The molecule has 0 bridgehead atoms. The number of benzene rings is 1. The highest BCUT2D eigenvalue weighted by atomic mass is 16.6. The van der Waals surface area contributed by atoms with Gasteiger partial charge in [0.15, 0.2) is 11.0 Å². The first-order valence-corrected chi connectivity index (χ1v) is 9.13. The van der Waals surface area contributed by atoms with Gasteiger partial charge in [-0.1, -0.05) is 26.7 Å². The number of nitrogens with zero attached hydrogens (tertiary/aromatic N) is 3. The molecular formula is C18H26N4O3. The Bertz CT molecular complexity index is 709. The minimum Gasteiger partial charge on any atom is -0.378 e. The minimum absolute atomic E-state index is 0.0220. The minimum atomic E-state index is 0.0220. The largest absolute Gasteiger partial charge is 0.378 e. The molecule has 2 aromatic rings. The third kappa shape index (κ3) is 3.92. The molecule has 2 heterocycles. The second-order valence-corrected chi connectivity index (χ2v) is 6.43. The molecule has 1 N–H and O–H groups in total. The van der Waals surface area contributed by atoms with Crippen LogP contribution in [0.25, 0.3) is 11.0 Å². The lowest BCUT2D eigenvalue weighted by Crippen LogP contribution is -2.36. The second-order valence-electron chi connectivity index (χ2n) is 6.43. The number of amides is 1. The van der Waals surface area contributed by atoms with E-state index in [1.807, 2.05) is 12.1 Å². The van der Waals surface area contributed by atoms with E-state index in [4.69, 9.17) is 9.37 Å². The van der Waals surface area contributed by atoms with Gasteiger partial charge in [-0.3, -0.25) is 4.79 Å². The molecule has 136 valence electrons. The molecule has 0 saturated carbocycles. The van der Waals surface area contributed by atoms with Gasteiger partial charge in [0.05, 0.1) is 24.6 Å². The monoisotopic (exact) mass is 346 g/mol. The van der Waals surface area contributed by atoms with Crippen molar-refractivity contribution < 1.29 is 14.2 Å². The lowest BCUT2D eigenvalue weighted by molar-refractivity contribution is -0.120. The van der Waals surface area contributed by atoms with E-state index >= 15 is 0 Å². The number of carbonyl (C=O) groups excluding carboxylic acids is 1. The molecule has 0 aliphatic carbocycles. The zero-order chi connectivity index (χ0) is 17.6. The Balaban J connectivity index is 1.81. The summed E-state index contributed by atoms with van der Waals surface area (Å²) in [7, 11) is 0. The molecule has 0 spiro atoms. The number of ether oxygens (including phenoxy) is 1. The molecule has 1 saturated heterocycles. The number of nitrogens with one attached hydrogen (secondary N) is 1. The summed E-state index contributed by atoms with van der Waals surface area (Å²) in [4.78, 5) is 14.8. The average molecular weight is 346 g/mol. The zero-order valence-corrected chi connectivity index (χ0v) is 15.0. The van der Waals surface area contributed by atoms with Crippen LogP contribution in [0.3, 0.4) is 0 Å². The Kier molecular flexibility index (Phi) is 5.86. The summed E-state index contributed by atoms with van der Waals surface area (Å²) >= 11 is 0. The number of rotatable bonds is 7. The maximum Gasteiger partial charge on any atom is 0.227 e. The highest BCUT2D eigenvalue weighted by molar-refractivity contribution is 6.03. The van der Waals surface area contributed by atoms with E-state index in [-0.39, 0.29) is 11.8 Å². The van der Waals surface area contributed by atoms with Crippen molar-refractivity contribution in [1.82, 2.24) is 10.3 Å². The van der Waals surface area contributed by atoms with E-state index in [2.05, 4.69) is 34.4 Å². The van der Waals surface area contributed by atoms with Gasteiger partial charge in [-0.15, -0.1) is 0 Å². The number of carbonyl (C=O) groups is 1. The number of unbranched alkanes of at least 4 members (excludes halogenated alkanes) is 1. The van der Waals surface area contributed by atoms with Crippen molar-refractivity contribution in [1.29, 1.82) is 0 Å². The van der Waals surface area contributed by atoms with Crippen LogP contribution in [-0.2, 0) is 9.53 Å². The van der Waals surface area contributed by atoms with Crippen LogP contribution in [0.15, 0.2) is 16.8 Å². The van der Waals surface area contributed by atoms with Gasteiger partial charge in [0.2, 0.25) is 5.91 Å². The van der Waals surface area contributed by atoms with Crippen molar-refractivity contribution in [3.63, 3.8) is 0 Å². The predicted octanol–water partition coefficient (Wildman–Crippen LogP) is 3.21. The fourth-order valence-electron chi connectivity index (χ4n) is 3.22. The molecule has 1 amide bonds. The highest BCUT2D eigenvalue weighted by Crippen LogP contribution is 2.31. The van der Waals surface area contributed by atoms with Crippen LogP contribution >= 0.6 is 0 Å². The molecular weight excluding hydrogens is 320 g/mol. The molecule has 1 aromatic carbocycles. The summed E-state index contributed by atoms with van der Waals surface area (Å²) in [6, 6.07) is 3.86. The van der Waals surface area contributed by atoms with E-state index < -0.39 is 0 Å². The van der Waals surface area contributed by atoms with Crippen LogP contribution in [0.5, 0.6) is 0 Å². The number of anilines is 2. The lowest BCUT2D eigenvalue weighted by atomic mass is 9.98. The standard InChI is InChI=1S/C18H26N4O3/c1-3-5-6-13(4-2)18(23)19-14-7-8-15(17-16(14)20-25-21-17)22-9-11-24-12-10-22/h7-8,13H,3-6,9-12H2,1-2H3,(H,19,23)/t13-/m0/s1. The molecule has 1 atom stereocenters. The number of morpholine rings is 1. The molecule has 1 aromatic heterocycles. The van der Waals surface area contributed by atoms with Crippen LogP contribution in [0.1, 0.15) is 39.5 Å². The first kappa shape index (κ1) is 17.7. The van der Waals surface area contributed by atoms with E-state index in [0.717, 1.165) is 44.5 Å². The van der Waals surface area contributed by atoms with Crippen LogP contribution in [-0.4, -0.2) is 42.5 Å². The van der Waals surface area contributed by atoms with E-state index in [0.29, 0.717) is 29.9 Å². The normalized spacial score (nSPS) is 16.2. The number of fused-ring (bicyclic) bond motifs is 1. The molecule has 25 heavy (non-hydrogen) atoms. The maximum atomic E-state index is 12.6. The first-order valence-electron chi connectivity index (χ1n) is 9.13. The topological polar surface area (TPSA) is 80.5 Å². The summed E-state index contributed by atoms with van der Waals surface area (Å²) in [5, 5.41) is 11.1. The third-order valence-corrected chi connectivity index (χ3v) is 4.77. The molecule has 7 nitrogen and oxygen atoms in total. The summed E-state index contributed by atoms with van der Waals surface area (Å²) in [5.41, 5.74) is 2.91. The zero-order valence-electron chi connectivity index (χ0n) is 15.0. The first-order chi connectivity index (χ1) is 12.2. The van der Waals surface area contributed by atoms with Gasteiger partial charge in [0.25, 0.3) is 0 Å². The van der Waals surface area contributed by atoms with Crippen molar-refractivity contribution in [3.8, 4) is 0 Å². The maximum absolute atomic E-state index is 12.6. The van der Waals surface area contributed by atoms with Gasteiger partial charge in [-0.2, -0.15) is 0 Å². The number of hydrogen-bond donors (Lipinski definition) is 1. The molecule has 1 aliphatic heterocycles. The Hall–Kier alpha value is -2.15. The summed E-state index contributed by atoms with van der Waals surface area (Å²) in [6.07, 6.45) is 3.89. The van der Waals surface area contributed by atoms with Crippen molar-refractivity contribution in [2.24, 2.45) is 5.92 Å². The van der Waals surface area contributed by atoms with Crippen LogP contribution in [0.2, 0.25) is 0 Å². The lowest BCUT2D eigenvalue weighted by Gasteiger charge is -2.28. The summed E-state index contributed by atoms with van der Waals surface area (Å²) in [6.45, 7) is 7.20. The van der Waals surface area contributed by atoms with Crippen LogP contribution < -0.4 is 10.2 Å². The summed E-state index contributed by atoms with van der Waals surface area (Å²) < 4.78 is 10.4. The third-order valence-electron chi connectivity index (χ3n) is 4.77. The Morgan fingerprint density at radius 1 is 1.24 bits per heavy atom. The van der Waals surface area contributed by atoms with Gasteiger partial charge in [0.1, 0.15) is 0 Å². The van der Waals surface area contributed by atoms with Crippen LogP contribution in [0, 0.1) is 5.92 Å². The van der Waals surface area contributed by atoms with E-state index in [1.54, 1.807) is 0 Å². The van der Waals surface area contributed by atoms with Gasteiger partial charge in [0, 0.05) is 19.0 Å². The second kappa shape index (κ2) is 8.29. The Morgan fingerprint density at radius 3 is 2.72 bits per heavy atom. The van der Waals surface area contributed by atoms with Crippen molar-refractivity contribution in [3.05, 3.63) is 12.1 Å². The molecule has 0 unspecified atom stereocenters. The van der Waals surface area contributed by atoms with Crippen molar-refractivity contribution >= 4 is 28.3 Å². The summed E-state index contributed by atoms with van der Waals surface area (Å²) in [5.74, 6) is 0.0631. The molecule has 7 heteroatoms. The smallest absolute Gasteiger partial charge is 0.227 e. The van der Waals surface area contributed by atoms with Crippen molar-refractivity contribution in [2.75, 3.05) is 36.5 Å². The SMILES string of the molecule is CCCC[C@H](CC)C(=O)Nc1ccc(N2CCOCC2)c2nonc12. The fraction of sp³-hybridized carbons (Fsp3) is 0.611. The van der Waals surface area contributed by atoms with Crippen LogP contribution in [0.4, 0.5) is 11.4 Å². The van der Waals surface area contributed by atoms with Gasteiger partial charge < -0.3 is 15.0 Å². The number of hydrogen-bond acceptors (Lipinski definition) is 6. The van der Waals surface area contributed by atoms with Gasteiger partial charge >= 0.3 is 0 Å². The fourth-order valence-corrected chi connectivity index (χ4v) is 3.22. The Labute approximate surface area is 147 Å². The molecule has 1 aliphatic rings. The van der Waals surface area contributed by atoms with E-state index in [9.17, 15) is 4.79 Å². The predicted molar refractivity (Wildman–Crippen MR) is 96.8 cm³/mol. The molecule has 1 fully saturated rings. The Morgan fingerprint density at radius 2 is 2.00 bits per heavy atom. The number of aromatic nitrogens is 2.